The minimum absolute atomic E-state index is 0. The van der Waals surface area contributed by atoms with Crippen LogP contribution in [0.1, 0.15) is 62.5 Å². The maximum Gasteiger partial charge on any atom is 0.169 e. The standard InChI is InChI=1S/C22H34N2.BrH/c1-21-11-17-23(18-12-21)15-9-7-5-3-4-6-8-10-16-24-19-13-22(2)14-20-24;/h11-14,17-20H,3-10,15-16H2,1-2H3;1H/q+2;/p-1. The van der Waals surface area contributed by atoms with Gasteiger partial charge < -0.3 is 17.0 Å². The topological polar surface area (TPSA) is 7.76 Å². The Kier molecular flexibility index (Phi) is 11.4. The van der Waals surface area contributed by atoms with Crippen LogP contribution in [0.2, 0.25) is 0 Å². The highest BCUT2D eigenvalue weighted by atomic mass is 79.9. The van der Waals surface area contributed by atoms with Gasteiger partial charge in [-0.05, 0) is 37.8 Å². The molecule has 0 amide bonds. The maximum atomic E-state index is 2.30. The number of halogens is 1. The second kappa shape index (κ2) is 13.0. The summed E-state index contributed by atoms with van der Waals surface area (Å²) in [6.45, 7) is 6.61. The van der Waals surface area contributed by atoms with Crippen molar-refractivity contribution in [3.63, 3.8) is 0 Å². The third kappa shape index (κ3) is 9.74. The van der Waals surface area contributed by atoms with Gasteiger partial charge in [0.25, 0.3) is 0 Å². The fraction of sp³-hybridized carbons (Fsp3) is 0.545. The normalized spacial score (nSPS) is 10.5. The van der Waals surface area contributed by atoms with E-state index in [-0.39, 0.29) is 17.0 Å². The van der Waals surface area contributed by atoms with Crippen molar-refractivity contribution in [1.82, 2.24) is 0 Å². The molecule has 2 rings (SSSR count). The van der Waals surface area contributed by atoms with Crippen LogP contribution in [0, 0.1) is 13.8 Å². The van der Waals surface area contributed by atoms with E-state index in [0.29, 0.717) is 0 Å². The molecule has 0 saturated heterocycles. The molecule has 0 atom stereocenters. The van der Waals surface area contributed by atoms with Crippen LogP contribution >= 0.6 is 0 Å². The summed E-state index contributed by atoms with van der Waals surface area (Å²) in [5, 5.41) is 0. The molecule has 0 N–H and O–H groups in total. The molecule has 0 aliphatic carbocycles. The molecule has 138 valence electrons. The third-order valence-electron chi connectivity index (χ3n) is 4.70. The Morgan fingerprint density at radius 1 is 0.520 bits per heavy atom. The SMILES string of the molecule is Cc1cc[n+](CCCCCCCCCC[n+]2ccc(C)cc2)cc1.[Br-]. The first-order valence-corrected chi connectivity index (χ1v) is 9.65. The van der Waals surface area contributed by atoms with Gasteiger partial charge in [0.2, 0.25) is 0 Å². The fourth-order valence-corrected chi connectivity index (χ4v) is 3.01. The molecule has 0 unspecified atom stereocenters. The second-order valence-corrected chi connectivity index (χ2v) is 7.06. The highest BCUT2D eigenvalue weighted by molar-refractivity contribution is 5.03. The predicted molar refractivity (Wildman–Crippen MR) is 99.7 cm³/mol. The molecule has 0 saturated carbocycles. The monoisotopic (exact) mass is 405 g/mol. The lowest BCUT2D eigenvalue weighted by molar-refractivity contribution is -0.697. The van der Waals surface area contributed by atoms with Gasteiger partial charge in [0.1, 0.15) is 13.1 Å². The fourth-order valence-electron chi connectivity index (χ4n) is 3.01. The number of unbranched alkanes of at least 4 members (excludes halogenated alkanes) is 7. The maximum absolute atomic E-state index is 2.30. The number of pyridine rings is 2. The molecule has 0 aromatic carbocycles. The predicted octanol–water partition coefficient (Wildman–Crippen LogP) is 1.70. The highest BCUT2D eigenvalue weighted by Gasteiger charge is 2.01. The lowest BCUT2D eigenvalue weighted by atomic mass is 10.1. The van der Waals surface area contributed by atoms with E-state index < -0.39 is 0 Å². The number of rotatable bonds is 11. The van der Waals surface area contributed by atoms with Gasteiger partial charge in [-0.3, -0.25) is 0 Å². The third-order valence-corrected chi connectivity index (χ3v) is 4.70. The second-order valence-electron chi connectivity index (χ2n) is 7.06. The first-order chi connectivity index (χ1) is 11.7. The lowest BCUT2D eigenvalue weighted by Gasteiger charge is -2.01. The molecule has 0 aliphatic heterocycles. The summed E-state index contributed by atoms with van der Waals surface area (Å²) in [5.41, 5.74) is 2.68. The Morgan fingerprint density at radius 3 is 1.12 bits per heavy atom. The van der Waals surface area contributed by atoms with Crippen LogP contribution in [0.15, 0.2) is 49.1 Å². The molecule has 0 aliphatic rings. The quantitative estimate of drug-likeness (QED) is 0.397. The van der Waals surface area contributed by atoms with E-state index in [4.69, 9.17) is 0 Å². The van der Waals surface area contributed by atoms with Crippen molar-refractivity contribution in [3.8, 4) is 0 Å². The van der Waals surface area contributed by atoms with Crippen molar-refractivity contribution in [3.05, 3.63) is 60.2 Å². The van der Waals surface area contributed by atoms with Crippen molar-refractivity contribution in [2.45, 2.75) is 78.3 Å². The molecule has 0 spiro atoms. The zero-order valence-electron chi connectivity index (χ0n) is 16.0. The van der Waals surface area contributed by atoms with E-state index in [1.807, 2.05) is 0 Å². The van der Waals surface area contributed by atoms with Gasteiger partial charge in [0, 0.05) is 37.1 Å². The van der Waals surface area contributed by atoms with Gasteiger partial charge >= 0.3 is 0 Å². The molecule has 2 aromatic heterocycles. The van der Waals surface area contributed by atoms with Crippen molar-refractivity contribution in [1.29, 1.82) is 0 Å². The molecule has 0 radical (unpaired) electrons. The van der Waals surface area contributed by atoms with E-state index >= 15 is 0 Å². The molecular formula is C22H34BrN2+. The largest absolute Gasteiger partial charge is 1.00 e. The number of nitrogens with zero attached hydrogens (tertiary/aromatic N) is 2. The van der Waals surface area contributed by atoms with Crippen molar-refractivity contribution < 1.29 is 26.1 Å². The van der Waals surface area contributed by atoms with Crippen molar-refractivity contribution >= 4 is 0 Å². The van der Waals surface area contributed by atoms with Crippen LogP contribution < -0.4 is 26.1 Å². The minimum Gasteiger partial charge on any atom is -1.00 e. The van der Waals surface area contributed by atoms with Crippen LogP contribution in [0.5, 0.6) is 0 Å². The van der Waals surface area contributed by atoms with E-state index in [2.05, 4.69) is 72.0 Å². The van der Waals surface area contributed by atoms with E-state index in [1.165, 1.54) is 62.5 Å². The van der Waals surface area contributed by atoms with E-state index in [1.54, 1.807) is 0 Å². The van der Waals surface area contributed by atoms with Gasteiger partial charge in [-0.25, -0.2) is 9.13 Å². The molecule has 25 heavy (non-hydrogen) atoms. The first kappa shape index (κ1) is 21.8. The number of aryl methyl sites for hydroxylation is 4. The average molecular weight is 406 g/mol. The molecule has 2 aromatic rings. The number of hydrogen-bond donors (Lipinski definition) is 0. The minimum atomic E-state index is 0. The van der Waals surface area contributed by atoms with Crippen LogP contribution in [-0.4, -0.2) is 0 Å². The zero-order valence-corrected chi connectivity index (χ0v) is 17.5. The summed E-state index contributed by atoms with van der Waals surface area (Å²) in [4.78, 5) is 0. The highest BCUT2D eigenvalue weighted by Crippen LogP contribution is 2.08. The van der Waals surface area contributed by atoms with Crippen LogP contribution in [-0.2, 0) is 13.1 Å². The first-order valence-electron chi connectivity index (χ1n) is 9.65. The smallest absolute Gasteiger partial charge is 0.169 e. The van der Waals surface area contributed by atoms with Crippen LogP contribution in [0.25, 0.3) is 0 Å². The summed E-state index contributed by atoms with van der Waals surface area (Å²) < 4.78 is 4.60. The Labute approximate surface area is 164 Å². The van der Waals surface area contributed by atoms with Gasteiger partial charge in [-0.15, -0.1) is 0 Å². The van der Waals surface area contributed by atoms with Gasteiger partial charge in [0.15, 0.2) is 24.8 Å². The Bertz CT molecular complexity index is 510. The number of aromatic nitrogens is 2. The van der Waals surface area contributed by atoms with Crippen molar-refractivity contribution in [2.75, 3.05) is 0 Å². The number of hydrogen-bond acceptors (Lipinski definition) is 0. The summed E-state index contributed by atoms with van der Waals surface area (Å²) >= 11 is 0. The molecular weight excluding hydrogens is 372 g/mol. The molecule has 0 bridgehead atoms. The summed E-state index contributed by atoms with van der Waals surface area (Å²) in [7, 11) is 0. The average Bonchev–Trinajstić information content (AvgIpc) is 2.60. The van der Waals surface area contributed by atoms with E-state index in [0.717, 1.165) is 13.1 Å². The summed E-state index contributed by atoms with van der Waals surface area (Å²) in [6, 6.07) is 8.76. The Morgan fingerprint density at radius 2 is 0.800 bits per heavy atom. The van der Waals surface area contributed by atoms with Crippen LogP contribution in [0.3, 0.4) is 0 Å². The molecule has 3 heteroatoms. The van der Waals surface area contributed by atoms with Crippen LogP contribution in [0.4, 0.5) is 0 Å². The van der Waals surface area contributed by atoms with Crippen molar-refractivity contribution in [2.24, 2.45) is 0 Å². The Balaban J connectivity index is 0.00000312. The molecule has 0 fully saturated rings. The molecule has 2 nitrogen and oxygen atoms in total. The van der Waals surface area contributed by atoms with E-state index in [9.17, 15) is 0 Å². The summed E-state index contributed by atoms with van der Waals surface area (Å²) in [6.07, 6.45) is 19.7. The van der Waals surface area contributed by atoms with Gasteiger partial charge in [-0.2, -0.15) is 0 Å². The Hall–Kier alpha value is -1.22. The lowest BCUT2D eigenvalue weighted by Crippen LogP contribution is -3.00. The zero-order chi connectivity index (χ0) is 17.0. The van der Waals surface area contributed by atoms with Gasteiger partial charge in [0.05, 0.1) is 0 Å². The van der Waals surface area contributed by atoms with Gasteiger partial charge in [-0.1, -0.05) is 25.7 Å². The molecule has 2 heterocycles. The summed E-state index contributed by atoms with van der Waals surface area (Å²) in [5.74, 6) is 0.